The maximum atomic E-state index is 12.4. The zero-order valence-corrected chi connectivity index (χ0v) is 13.0. The van der Waals surface area contributed by atoms with Gasteiger partial charge in [-0.1, -0.05) is 25.1 Å². The number of anilines is 1. The molecule has 1 saturated heterocycles. The third kappa shape index (κ3) is 2.80. The van der Waals surface area contributed by atoms with E-state index in [4.69, 9.17) is 0 Å². The van der Waals surface area contributed by atoms with E-state index in [1.165, 1.54) is 10.5 Å². The van der Waals surface area contributed by atoms with E-state index < -0.39 is 0 Å². The Bertz CT molecular complexity index is 702. The summed E-state index contributed by atoms with van der Waals surface area (Å²) in [7, 11) is 0. The molecule has 1 aromatic carbocycles. The van der Waals surface area contributed by atoms with Gasteiger partial charge in [0.1, 0.15) is 0 Å². The Morgan fingerprint density at radius 1 is 1.14 bits per heavy atom. The number of aryl methyl sites for hydroxylation is 1. The molecule has 2 amide bonds. The molecule has 0 bridgehead atoms. The van der Waals surface area contributed by atoms with Crippen LogP contribution in [0.15, 0.2) is 46.7 Å². The van der Waals surface area contributed by atoms with Gasteiger partial charge in [-0.05, 0) is 53.4 Å². The molecule has 0 saturated carbocycles. The first kappa shape index (κ1) is 14.1. The van der Waals surface area contributed by atoms with Gasteiger partial charge in [0.15, 0.2) is 0 Å². The second-order valence-corrected chi connectivity index (χ2v) is 6.53. The lowest BCUT2D eigenvalue weighted by Crippen LogP contribution is -2.27. The van der Waals surface area contributed by atoms with Crippen LogP contribution in [0.4, 0.5) is 10.5 Å². The summed E-state index contributed by atoms with van der Waals surface area (Å²) >= 11 is 2.53. The lowest BCUT2D eigenvalue weighted by atomic mass is 10.1. The fourth-order valence-electron chi connectivity index (χ4n) is 2.07. The number of carbonyl (C=O) groups excluding carboxylic acids is 2. The molecule has 5 heteroatoms. The quantitative estimate of drug-likeness (QED) is 0.780. The van der Waals surface area contributed by atoms with Gasteiger partial charge in [-0.3, -0.25) is 9.59 Å². The molecule has 2 aromatic rings. The van der Waals surface area contributed by atoms with E-state index in [-0.39, 0.29) is 11.1 Å². The average Bonchev–Trinajstić information content (AvgIpc) is 3.09. The predicted molar refractivity (Wildman–Crippen MR) is 88.6 cm³/mol. The van der Waals surface area contributed by atoms with Crippen molar-refractivity contribution in [2.75, 3.05) is 4.90 Å². The van der Waals surface area contributed by atoms with E-state index in [2.05, 4.69) is 6.92 Å². The topological polar surface area (TPSA) is 37.4 Å². The van der Waals surface area contributed by atoms with Gasteiger partial charge in [0.25, 0.3) is 11.1 Å². The molecule has 3 nitrogen and oxygen atoms in total. The highest BCUT2D eigenvalue weighted by molar-refractivity contribution is 8.19. The second-order valence-electron chi connectivity index (χ2n) is 4.55. The van der Waals surface area contributed by atoms with E-state index in [1.54, 1.807) is 17.4 Å². The van der Waals surface area contributed by atoms with Gasteiger partial charge in [-0.25, -0.2) is 4.90 Å². The first-order valence-corrected chi connectivity index (χ1v) is 8.29. The van der Waals surface area contributed by atoms with Crippen LogP contribution < -0.4 is 4.90 Å². The van der Waals surface area contributed by atoms with Crippen molar-refractivity contribution in [2.24, 2.45) is 0 Å². The van der Waals surface area contributed by atoms with E-state index in [1.807, 2.05) is 41.8 Å². The minimum absolute atomic E-state index is 0.243. The number of thiophene rings is 1. The van der Waals surface area contributed by atoms with Gasteiger partial charge >= 0.3 is 0 Å². The maximum Gasteiger partial charge on any atom is 0.298 e. The van der Waals surface area contributed by atoms with Crippen LogP contribution in [0.2, 0.25) is 0 Å². The molecule has 0 aliphatic carbocycles. The number of thioether (sulfide) groups is 1. The van der Waals surface area contributed by atoms with Gasteiger partial charge in [-0.2, -0.15) is 0 Å². The molecule has 1 aromatic heterocycles. The first-order chi connectivity index (χ1) is 10.2. The molecule has 2 heterocycles. The number of carbonyl (C=O) groups is 2. The van der Waals surface area contributed by atoms with Crippen molar-refractivity contribution in [3.63, 3.8) is 0 Å². The molecule has 1 fully saturated rings. The number of nitrogens with zero attached hydrogens (tertiary/aromatic N) is 1. The highest BCUT2D eigenvalue weighted by atomic mass is 32.2. The van der Waals surface area contributed by atoms with Crippen molar-refractivity contribution >= 4 is 46.0 Å². The molecular weight excluding hydrogens is 302 g/mol. The summed E-state index contributed by atoms with van der Waals surface area (Å²) in [6, 6.07) is 11.4. The minimum atomic E-state index is -0.248. The number of amides is 2. The molecule has 0 atom stereocenters. The van der Waals surface area contributed by atoms with Crippen molar-refractivity contribution in [1.29, 1.82) is 0 Å². The zero-order chi connectivity index (χ0) is 14.8. The summed E-state index contributed by atoms with van der Waals surface area (Å²) < 4.78 is 0. The normalized spacial score (nSPS) is 17.0. The Balaban J connectivity index is 1.90. The van der Waals surface area contributed by atoms with Crippen LogP contribution >= 0.6 is 23.1 Å². The third-order valence-electron chi connectivity index (χ3n) is 3.21. The van der Waals surface area contributed by atoms with Crippen LogP contribution in [0, 0.1) is 0 Å². The Morgan fingerprint density at radius 2 is 1.90 bits per heavy atom. The van der Waals surface area contributed by atoms with Crippen molar-refractivity contribution in [3.05, 3.63) is 57.1 Å². The van der Waals surface area contributed by atoms with Crippen molar-refractivity contribution in [2.45, 2.75) is 13.3 Å². The van der Waals surface area contributed by atoms with Crippen molar-refractivity contribution in [1.82, 2.24) is 0 Å². The Morgan fingerprint density at radius 3 is 2.52 bits per heavy atom. The van der Waals surface area contributed by atoms with Crippen LogP contribution in [0.5, 0.6) is 0 Å². The average molecular weight is 315 g/mol. The Labute approximate surface area is 131 Å². The standard InChI is InChI=1S/C16H13NO2S2/c1-2-11-5-7-12(8-6-11)17-15(18)14(21-16(17)19)10-13-4-3-9-20-13/h3-10H,2H2,1H3/b14-10+. The summed E-state index contributed by atoms with van der Waals surface area (Å²) in [6.07, 6.45) is 2.70. The first-order valence-electron chi connectivity index (χ1n) is 6.59. The van der Waals surface area contributed by atoms with E-state index >= 15 is 0 Å². The molecule has 1 aliphatic rings. The van der Waals surface area contributed by atoms with E-state index in [0.717, 1.165) is 23.1 Å². The van der Waals surface area contributed by atoms with Crippen molar-refractivity contribution < 1.29 is 9.59 Å². The lowest BCUT2D eigenvalue weighted by Gasteiger charge is -2.12. The number of benzene rings is 1. The minimum Gasteiger partial charge on any atom is -0.268 e. The lowest BCUT2D eigenvalue weighted by molar-refractivity contribution is -0.113. The molecule has 1 aliphatic heterocycles. The van der Waals surface area contributed by atoms with Crippen LogP contribution in [-0.4, -0.2) is 11.1 Å². The highest BCUT2D eigenvalue weighted by Crippen LogP contribution is 2.36. The largest absolute Gasteiger partial charge is 0.298 e. The fraction of sp³-hybridized carbons (Fsp3) is 0.125. The number of rotatable bonds is 3. The van der Waals surface area contributed by atoms with Gasteiger partial charge in [-0.15, -0.1) is 11.3 Å². The SMILES string of the molecule is CCc1ccc(N2C(=O)S/C(=C/c3cccs3)C2=O)cc1. The van der Waals surface area contributed by atoms with Gasteiger partial charge in [0, 0.05) is 4.88 Å². The monoisotopic (exact) mass is 315 g/mol. The van der Waals surface area contributed by atoms with Crippen LogP contribution in [-0.2, 0) is 11.2 Å². The van der Waals surface area contributed by atoms with Crippen LogP contribution in [0.1, 0.15) is 17.4 Å². The Hall–Kier alpha value is -1.85. The van der Waals surface area contributed by atoms with Crippen LogP contribution in [0.25, 0.3) is 6.08 Å². The summed E-state index contributed by atoms with van der Waals surface area (Å²) in [5.41, 5.74) is 1.81. The Kier molecular flexibility index (Phi) is 3.94. The van der Waals surface area contributed by atoms with Gasteiger partial charge in [0.05, 0.1) is 10.6 Å². The smallest absolute Gasteiger partial charge is 0.268 e. The number of hydrogen-bond acceptors (Lipinski definition) is 4. The van der Waals surface area contributed by atoms with Gasteiger partial charge < -0.3 is 0 Å². The molecule has 106 valence electrons. The summed E-state index contributed by atoms with van der Waals surface area (Å²) in [6.45, 7) is 2.07. The summed E-state index contributed by atoms with van der Waals surface area (Å²) in [4.78, 5) is 27.2. The molecular formula is C16H13NO2S2. The summed E-state index contributed by atoms with van der Waals surface area (Å²) in [5.74, 6) is -0.248. The molecule has 0 radical (unpaired) electrons. The fourth-order valence-corrected chi connectivity index (χ4v) is 3.64. The zero-order valence-electron chi connectivity index (χ0n) is 11.4. The molecule has 0 unspecified atom stereocenters. The number of hydrogen-bond donors (Lipinski definition) is 0. The molecule has 21 heavy (non-hydrogen) atoms. The second kappa shape index (κ2) is 5.87. The maximum absolute atomic E-state index is 12.4. The third-order valence-corrected chi connectivity index (χ3v) is 4.90. The summed E-state index contributed by atoms with van der Waals surface area (Å²) in [5, 5.41) is 1.70. The van der Waals surface area contributed by atoms with E-state index in [0.29, 0.717) is 10.6 Å². The molecule has 0 N–H and O–H groups in total. The van der Waals surface area contributed by atoms with Gasteiger partial charge in [0.2, 0.25) is 0 Å². The predicted octanol–water partition coefficient (Wildman–Crippen LogP) is 4.55. The molecule has 0 spiro atoms. The van der Waals surface area contributed by atoms with E-state index in [9.17, 15) is 9.59 Å². The molecule has 3 rings (SSSR count). The van der Waals surface area contributed by atoms with Crippen molar-refractivity contribution in [3.8, 4) is 0 Å². The van der Waals surface area contributed by atoms with Crippen LogP contribution in [0.3, 0.4) is 0 Å². The highest BCUT2D eigenvalue weighted by Gasteiger charge is 2.36. The number of imide groups is 1.